The Balaban J connectivity index is 1.94. The molecular weight excluding hydrogens is 384 g/mol. The Bertz CT molecular complexity index is 1500. The summed E-state index contributed by atoms with van der Waals surface area (Å²) in [7, 11) is 7.00. The van der Waals surface area contributed by atoms with Crippen molar-refractivity contribution in [2.45, 2.75) is 6.92 Å². The van der Waals surface area contributed by atoms with Crippen molar-refractivity contribution in [2.24, 2.45) is 21.1 Å². The number of nitrogens with zero attached hydrogens (tertiary/aromatic N) is 8. The maximum Gasteiger partial charge on any atom is 0.333 e. The fourth-order valence-electron chi connectivity index (χ4n) is 3.89. The van der Waals surface area contributed by atoms with Gasteiger partial charge in [-0.05, 0) is 13.0 Å². The summed E-state index contributed by atoms with van der Waals surface area (Å²) in [5.41, 5.74) is 4.99. The molecule has 0 aliphatic heterocycles. The summed E-state index contributed by atoms with van der Waals surface area (Å²) < 4.78 is 12.2. The Labute approximate surface area is 170 Å². The van der Waals surface area contributed by atoms with Crippen molar-refractivity contribution < 1.29 is 4.74 Å². The van der Waals surface area contributed by atoms with E-state index in [9.17, 15) is 4.79 Å². The number of aromatic nitrogens is 8. The topological polar surface area (TPSA) is 97.6 Å². The first-order valence-corrected chi connectivity index (χ1v) is 9.34. The van der Waals surface area contributed by atoms with Crippen LogP contribution in [0, 0.1) is 6.92 Å². The predicted octanol–water partition coefficient (Wildman–Crippen LogP) is 1.72. The largest absolute Gasteiger partial charge is 0.496 e. The minimum absolute atomic E-state index is 0.160. The highest BCUT2D eigenvalue weighted by molar-refractivity contribution is 6.05. The standard InChI is InChI=1S/C20H20N8O2/c1-11-17(10-25(2)23-11)28-19-13-6-12(15-9-26(3)24-22-15)18(30-5)7-14(13)21-8-16(19)27(4)20(28)29/h6-10H,1-5H3. The lowest BCUT2D eigenvalue weighted by molar-refractivity contribution is 0.417. The quantitative estimate of drug-likeness (QED) is 0.454. The van der Waals surface area contributed by atoms with E-state index in [-0.39, 0.29) is 5.69 Å². The van der Waals surface area contributed by atoms with E-state index in [1.165, 1.54) is 0 Å². The van der Waals surface area contributed by atoms with E-state index < -0.39 is 0 Å². The van der Waals surface area contributed by atoms with Crippen LogP contribution in [0.4, 0.5) is 0 Å². The molecule has 10 heteroatoms. The number of pyridine rings is 1. The van der Waals surface area contributed by atoms with Gasteiger partial charge in [-0.15, -0.1) is 5.10 Å². The van der Waals surface area contributed by atoms with Gasteiger partial charge in [-0.1, -0.05) is 5.21 Å². The Hall–Kier alpha value is -3.95. The van der Waals surface area contributed by atoms with Gasteiger partial charge in [-0.25, -0.2) is 4.79 Å². The molecule has 5 aromatic rings. The zero-order valence-corrected chi connectivity index (χ0v) is 17.3. The predicted molar refractivity (Wildman–Crippen MR) is 112 cm³/mol. The molecule has 0 spiro atoms. The molecule has 0 amide bonds. The summed E-state index contributed by atoms with van der Waals surface area (Å²) in [5.74, 6) is 0.636. The highest BCUT2D eigenvalue weighted by Gasteiger charge is 2.21. The molecule has 1 aromatic carbocycles. The van der Waals surface area contributed by atoms with Crippen LogP contribution in [0.25, 0.3) is 38.9 Å². The Morgan fingerprint density at radius 3 is 2.50 bits per heavy atom. The zero-order valence-electron chi connectivity index (χ0n) is 17.3. The monoisotopic (exact) mass is 404 g/mol. The number of methoxy groups -OCH3 is 1. The Morgan fingerprint density at radius 1 is 1.07 bits per heavy atom. The highest BCUT2D eigenvalue weighted by Crippen LogP contribution is 2.35. The lowest BCUT2D eigenvalue weighted by atomic mass is 10.1. The first kappa shape index (κ1) is 18.1. The van der Waals surface area contributed by atoms with Gasteiger partial charge in [-0.3, -0.25) is 23.5 Å². The van der Waals surface area contributed by atoms with Gasteiger partial charge in [0, 0.05) is 44.4 Å². The fraction of sp³-hybridized carbons (Fsp3) is 0.250. The van der Waals surface area contributed by atoms with Gasteiger partial charge in [0.2, 0.25) is 0 Å². The Kier molecular flexibility index (Phi) is 3.79. The molecule has 0 N–H and O–H groups in total. The van der Waals surface area contributed by atoms with Crippen LogP contribution in [0.15, 0.2) is 35.5 Å². The van der Waals surface area contributed by atoms with E-state index in [0.717, 1.165) is 33.4 Å². The van der Waals surface area contributed by atoms with Gasteiger partial charge >= 0.3 is 5.69 Å². The molecular formula is C20H20N8O2. The van der Waals surface area contributed by atoms with Crippen molar-refractivity contribution in [3.05, 3.63) is 46.9 Å². The fourth-order valence-corrected chi connectivity index (χ4v) is 3.89. The summed E-state index contributed by atoms with van der Waals surface area (Å²) in [6.45, 7) is 1.89. The maximum atomic E-state index is 13.2. The molecule has 30 heavy (non-hydrogen) atoms. The average molecular weight is 404 g/mol. The van der Waals surface area contributed by atoms with E-state index >= 15 is 0 Å². The molecule has 5 rings (SSSR count). The summed E-state index contributed by atoms with van der Waals surface area (Å²) in [4.78, 5) is 17.8. The number of benzene rings is 1. The van der Waals surface area contributed by atoms with E-state index in [0.29, 0.717) is 17.0 Å². The molecule has 4 aromatic heterocycles. The molecule has 4 heterocycles. The molecule has 0 aliphatic rings. The van der Waals surface area contributed by atoms with Gasteiger partial charge in [0.25, 0.3) is 0 Å². The second-order valence-corrected chi connectivity index (χ2v) is 7.29. The molecule has 0 atom stereocenters. The van der Waals surface area contributed by atoms with Crippen LogP contribution in [0.2, 0.25) is 0 Å². The number of imidazole rings is 1. The highest BCUT2D eigenvalue weighted by atomic mass is 16.5. The van der Waals surface area contributed by atoms with Gasteiger partial charge in [0.05, 0.1) is 47.4 Å². The second kappa shape index (κ2) is 6.28. The number of hydrogen-bond donors (Lipinski definition) is 0. The minimum atomic E-state index is -0.160. The SMILES string of the molecule is COc1cc2ncc3c(c2cc1-c1cn(C)nn1)n(-c1cn(C)nc1C)c(=O)n3C. The van der Waals surface area contributed by atoms with Gasteiger partial charge in [-0.2, -0.15) is 5.10 Å². The molecule has 0 bridgehead atoms. The van der Waals surface area contributed by atoms with E-state index in [2.05, 4.69) is 20.4 Å². The van der Waals surface area contributed by atoms with E-state index in [1.807, 2.05) is 45.5 Å². The van der Waals surface area contributed by atoms with E-state index in [4.69, 9.17) is 4.74 Å². The van der Waals surface area contributed by atoms with Crippen molar-refractivity contribution in [2.75, 3.05) is 7.11 Å². The number of hydrogen-bond acceptors (Lipinski definition) is 6. The molecule has 0 unspecified atom stereocenters. The van der Waals surface area contributed by atoms with E-state index in [1.54, 1.807) is 38.9 Å². The Morgan fingerprint density at radius 2 is 1.87 bits per heavy atom. The van der Waals surface area contributed by atoms with Gasteiger partial charge < -0.3 is 4.74 Å². The molecule has 0 aliphatic carbocycles. The van der Waals surface area contributed by atoms with Crippen LogP contribution in [-0.2, 0) is 21.1 Å². The number of ether oxygens (including phenoxy) is 1. The molecule has 0 saturated heterocycles. The van der Waals surface area contributed by atoms with Crippen LogP contribution in [0.3, 0.4) is 0 Å². The van der Waals surface area contributed by atoms with Crippen molar-refractivity contribution in [1.82, 2.24) is 38.9 Å². The van der Waals surface area contributed by atoms with Crippen LogP contribution in [0.1, 0.15) is 5.69 Å². The second-order valence-electron chi connectivity index (χ2n) is 7.29. The van der Waals surface area contributed by atoms with Crippen LogP contribution in [0.5, 0.6) is 5.75 Å². The summed E-state index contributed by atoms with van der Waals surface area (Å²) in [6, 6.07) is 3.81. The molecule has 0 saturated carbocycles. The van der Waals surface area contributed by atoms with Crippen molar-refractivity contribution in [1.29, 1.82) is 0 Å². The van der Waals surface area contributed by atoms with Crippen LogP contribution < -0.4 is 10.4 Å². The zero-order chi connectivity index (χ0) is 21.2. The average Bonchev–Trinajstić information content (AvgIpc) is 3.37. The number of fused-ring (bicyclic) bond motifs is 3. The third-order valence-electron chi connectivity index (χ3n) is 5.31. The number of rotatable bonds is 3. The molecule has 152 valence electrons. The third kappa shape index (κ3) is 2.46. The lowest BCUT2D eigenvalue weighted by Gasteiger charge is -2.10. The van der Waals surface area contributed by atoms with Crippen molar-refractivity contribution in [3.63, 3.8) is 0 Å². The van der Waals surface area contributed by atoms with Crippen molar-refractivity contribution in [3.8, 4) is 22.7 Å². The molecule has 0 fully saturated rings. The van der Waals surface area contributed by atoms with Crippen LogP contribution >= 0.6 is 0 Å². The van der Waals surface area contributed by atoms with Gasteiger partial charge in [0.1, 0.15) is 11.4 Å². The summed E-state index contributed by atoms with van der Waals surface area (Å²) in [5, 5.41) is 13.5. The minimum Gasteiger partial charge on any atom is -0.496 e. The van der Waals surface area contributed by atoms with Crippen LogP contribution in [-0.4, -0.2) is 46.0 Å². The summed E-state index contributed by atoms with van der Waals surface area (Å²) >= 11 is 0. The summed E-state index contributed by atoms with van der Waals surface area (Å²) in [6.07, 6.45) is 5.37. The first-order chi connectivity index (χ1) is 14.4. The molecule has 0 radical (unpaired) electrons. The smallest absolute Gasteiger partial charge is 0.333 e. The maximum absolute atomic E-state index is 13.2. The van der Waals surface area contributed by atoms with Gasteiger partial charge in [0.15, 0.2) is 0 Å². The first-order valence-electron chi connectivity index (χ1n) is 9.34. The third-order valence-corrected chi connectivity index (χ3v) is 5.31. The number of aryl methyl sites for hydroxylation is 4. The lowest BCUT2D eigenvalue weighted by Crippen LogP contribution is -2.21. The normalized spacial score (nSPS) is 11.6. The van der Waals surface area contributed by atoms with Crippen molar-refractivity contribution >= 4 is 21.9 Å². The molecule has 10 nitrogen and oxygen atoms in total.